The Morgan fingerprint density at radius 3 is 2.47 bits per heavy atom. The second-order valence-corrected chi connectivity index (χ2v) is 5.80. The smallest absolute Gasteiger partial charge is 0.251 e. The van der Waals surface area contributed by atoms with Crippen molar-refractivity contribution in [2.24, 2.45) is 5.92 Å². The second-order valence-electron chi connectivity index (χ2n) is 5.80. The number of carbonyl (C=O) groups excluding carboxylic acids is 1. The van der Waals surface area contributed by atoms with E-state index in [1.807, 2.05) is 0 Å². The van der Waals surface area contributed by atoms with Crippen LogP contribution in [0.2, 0.25) is 0 Å². The van der Waals surface area contributed by atoms with E-state index in [4.69, 9.17) is 4.74 Å². The van der Waals surface area contributed by atoms with Crippen LogP contribution in [0.3, 0.4) is 0 Å². The van der Waals surface area contributed by atoms with E-state index in [2.05, 4.69) is 12.2 Å². The van der Waals surface area contributed by atoms with Gasteiger partial charge in [0.2, 0.25) is 0 Å². The average Bonchev–Trinajstić information content (AvgIpc) is 2.30. The van der Waals surface area contributed by atoms with E-state index in [-0.39, 0.29) is 5.91 Å². The van der Waals surface area contributed by atoms with Crippen LogP contribution in [-0.2, 0) is 9.53 Å². The van der Waals surface area contributed by atoms with Crippen LogP contribution in [0.1, 0.15) is 46.5 Å². The number of nitrogens with one attached hydrogen (secondary N) is 1. The Morgan fingerprint density at radius 1 is 1.47 bits per heavy atom. The molecule has 0 aliphatic heterocycles. The zero-order valence-electron chi connectivity index (χ0n) is 11.4. The summed E-state index contributed by atoms with van der Waals surface area (Å²) in [6, 6.07) is 0. The third-order valence-electron chi connectivity index (χ3n) is 3.84. The van der Waals surface area contributed by atoms with E-state index in [1.165, 1.54) is 7.11 Å². The van der Waals surface area contributed by atoms with Gasteiger partial charge in [0.15, 0.2) is 0 Å². The molecule has 0 atom stereocenters. The number of aliphatic hydroxyl groups is 1. The number of hydrogen-bond acceptors (Lipinski definition) is 3. The third kappa shape index (κ3) is 3.96. The van der Waals surface area contributed by atoms with Crippen LogP contribution in [-0.4, -0.2) is 35.9 Å². The molecule has 100 valence electrons. The normalized spacial score (nSPS) is 30.1. The Labute approximate surface area is 104 Å². The highest BCUT2D eigenvalue weighted by molar-refractivity contribution is 5.84. The third-order valence-corrected chi connectivity index (χ3v) is 3.84. The maximum absolute atomic E-state index is 11.8. The van der Waals surface area contributed by atoms with Gasteiger partial charge >= 0.3 is 0 Å². The SMILES string of the molecule is COC(C)(C)C(=O)NCC1(O)CCC(C)CC1. The molecular formula is C13H25NO3. The average molecular weight is 243 g/mol. The molecule has 0 aromatic rings. The van der Waals surface area contributed by atoms with Gasteiger partial charge in [0.1, 0.15) is 5.60 Å². The van der Waals surface area contributed by atoms with Crippen LogP contribution in [0.15, 0.2) is 0 Å². The Morgan fingerprint density at radius 2 is 2.00 bits per heavy atom. The minimum Gasteiger partial charge on any atom is -0.388 e. The highest BCUT2D eigenvalue weighted by atomic mass is 16.5. The van der Waals surface area contributed by atoms with Gasteiger partial charge in [-0.1, -0.05) is 6.92 Å². The molecule has 0 bridgehead atoms. The first kappa shape index (κ1) is 14.5. The van der Waals surface area contributed by atoms with Gasteiger partial charge in [-0.05, 0) is 45.4 Å². The number of ether oxygens (including phenoxy) is 1. The van der Waals surface area contributed by atoms with Gasteiger partial charge in [-0.15, -0.1) is 0 Å². The summed E-state index contributed by atoms with van der Waals surface area (Å²) in [6.45, 7) is 5.96. The van der Waals surface area contributed by atoms with E-state index in [1.54, 1.807) is 13.8 Å². The molecule has 1 saturated carbocycles. The molecule has 0 radical (unpaired) electrons. The van der Waals surface area contributed by atoms with Crippen LogP contribution < -0.4 is 5.32 Å². The van der Waals surface area contributed by atoms with Gasteiger partial charge < -0.3 is 15.2 Å². The van der Waals surface area contributed by atoms with E-state index in [0.717, 1.165) is 25.7 Å². The predicted octanol–water partition coefficient (Wildman–Crippen LogP) is 1.47. The fourth-order valence-electron chi connectivity index (χ4n) is 2.03. The zero-order chi connectivity index (χ0) is 13.1. The molecule has 1 aliphatic rings. The standard InChI is InChI=1S/C13H25NO3/c1-10-5-7-13(16,8-6-10)9-14-11(15)12(2,3)17-4/h10,16H,5-9H2,1-4H3,(H,14,15). The molecule has 4 nitrogen and oxygen atoms in total. The summed E-state index contributed by atoms with van der Waals surface area (Å²) < 4.78 is 5.10. The number of carbonyl (C=O) groups is 1. The molecule has 0 aromatic heterocycles. The minimum atomic E-state index is -0.835. The van der Waals surface area contributed by atoms with Crippen LogP contribution in [0.5, 0.6) is 0 Å². The molecule has 4 heteroatoms. The maximum atomic E-state index is 11.8. The van der Waals surface area contributed by atoms with Crippen molar-refractivity contribution in [2.45, 2.75) is 57.7 Å². The molecule has 0 unspecified atom stereocenters. The zero-order valence-corrected chi connectivity index (χ0v) is 11.4. The van der Waals surface area contributed by atoms with Crippen LogP contribution >= 0.6 is 0 Å². The molecule has 1 amide bonds. The van der Waals surface area contributed by atoms with Gasteiger partial charge in [0.05, 0.1) is 5.60 Å². The van der Waals surface area contributed by atoms with Crippen LogP contribution in [0.4, 0.5) is 0 Å². The molecule has 2 N–H and O–H groups in total. The van der Waals surface area contributed by atoms with Gasteiger partial charge in [-0.3, -0.25) is 4.79 Å². The molecule has 1 rings (SSSR count). The van der Waals surface area contributed by atoms with Gasteiger partial charge in [-0.2, -0.15) is 0 Å². The molecule has 0 heterocycles. The number of methoxy groups -OCH3 is 1. The van der Waals surface area contributed by atoms with Crippen molar-refractivity contribution in [3.05, 3.63) is 0 Å². The molecule has 0 saturated heterocycles. The number of rotatable bonds is 4. The molecular weight excluding hydrogens is 218 g/mol. The molecule has 1 aliphatic carbocycles. The van der Waals surface area contributed by atoms with Crippen LogP contribution in [0.25, 0.3) is 0 Å². The van der Waals surface area contributed by atoms with Crippen molar-refractivity contribution in [2.75, 3.05) is 13.7 Å². The first-order valence-electron chi connectivity index (χ1n) is 6.35. The molecule has 1 fully saturated rings. The lowest BCUT2D eigenvalue weighted by atomic mass is 9.79. The van der Waals surface area contributed by atoms with E-state index in [9.17, 15) is 9.90 Å². The lowest BCUT2D eigenvalue weighted by Gasteiger charge is -2.35. The van der Waals surface area contributed by atoms with Crippen molar-refractivity contribution in [1.29, 1.82) is 0 Å². The minimum absolute atomic E-state index is 0.174. The lowest BCUT2D eigenvalue weighted by molar-refractivity contribution is -0.141. The summed E-state index contributed by atoms with van der Waals surface area (Å²) in [7, 11) is 1.51. The first-order valence-corrected chi connectivity index (χ1v) is 6.35. The fraction of sp³-hybridized carbons (Fsp3) is 0.923. The van der Waals surface area contributed by atoms with E-state index >= 15 is 0 Å². The van der Waals surface area contributed by atoms with Crippen molar-refractivity contribution in [1.82, 2.24) is 5.32 Å². The Bertz CT molecular complexity index is 268. The summed E-state index contributed by atoms with van der Waals surface area (Å²) in [5.41, 5.74) is -1.57. The van der Waals surface area contributed by atoms with Crippen molar-refractivity contribution in [3.63, 3.8) is 0 Å². The van der Waals surface area contributed by atoms with Crippen molar-refractivity contribution in [3.8, 4) is 0 Å². The monoisotopic (exact) mass is 243 g/mol. The molecule has 17 heavy (non-hydrogen) atoms. The predicted molar refractivity (Wildman–Crippen MR) is 66.7 cm³/mol. The quantitative estimate of drug-likeness (QED) is 0.786. The van der Waals surface area contributed by atoms with E-state index in [0.29, 0.717) is 12.5 Å². The van der Waals surface area contributed by atoms with Gasteiger partial charge in [0.25, 0.3) is 5.91 Å². The number of amides is 1. The maximum Gasteiger partial charge on any atom is 0.251 e. The molecule has 0 spiro atoms. The number of hydrogen-bond donors (Lipinski definition) is 2. The topological polar surface area (TPSA) is 58.6 Å². The Balaban J connectivity index is 2.42. The highest BCUT2D eigenvalue weighted by Gasteiger charge is 2.34. The van der Waals surface area contributed by atoms with Crippen LogP contribution in [0, 0.1) is 5.92 Å². The van der Waals surface area contributed by atoms with Crippen molar-refractivity contribution >= 4 is 5.91 Å². The second kappa shape index (κ2) is 5.36. The van der Waals surface area contributed by atoms with E-state index < -0.39 is 11.2 Å². The van der Waals surface area contributed by atoms with Gasteiger partial charge in [-0.25, -0.2) is 0 Å². The largest absolute Gasteiger partial charge is 0.388 e. The first-order chi connectivity index (χ1) is 7.79. The Hall–Kier alpha value is -0.610. The summed E-state index contributed by atoms with van der Waals surface area (Å²) in [5, 5.41) is 13.1. The highest BCUT2D eigenvalue weighted by Crippen LogP contribution is 2.31. The fourth-order valence-corrected chi connectivity index (χ4v) is 2.03. The molecule has 0 aromatic carbocycles. The lowest BCUT2D eigenvalue weighted by Crippen LogP contribution is -2.51. The summed E-state index contributed by atoms with van der Waals surface area (Å²) in [5.74, 6) is 0.508. The summed E-state index contributed by atoms with van der Waals surface area (Å²) in [4.78, 5) is 11.8. The summed E-state index contributed by atoms with van der Waals surface area (Å²) in [6.07, 6.45) is 3.59. The summed E-state index contributed by atoms with van der Waals surface area (Å²) >= 11 is 0. The van der Waals surface area contributed by atoms with Gasteiger partial charge in [0, 0.05) is 13.7 Å². The Kier molecular flexibility index (Phi) is 4.55. The van der Waals surface area contributed by atoms with Crippen molar-refractivity contribution < 1.29 is 14.6 Å².